The molecule has 0 saturated carbocycles. The first kappa shape index (κ1) is 18.5. The Kier molecular flexibility index (Phi) is 4.78. The van der Waals surface area contributed by atoms with E-state index in [1.807, 2.05) is 11.0 Å². The van der Waals surface area contributed by atoms with Crippen molar-refractivity contribution >= 4 is 11.6 Å². The molecule has 0 aliphatic carbocycles. The van der Waals surface area contributed by atoms with Crippen LogP contribution in [0.1, 0.15) is 36.5 Å². The lowest BCUT2D eigenvalue weighted by Crippen LogP contribution is -2.40. The number of anilines is 1. The number of aromatic amines is 1. The van der Waals surface area contributed by atoms with E-state index in [0.717, 1.165) is 18.4 Å². The molecule has 7 nitrogen and oxygen atoms in total. The standard InChI is InChI=1S/C20H23FN4O3/c1-12-19(9-22-23-20(12)27)25-10-14-7-16(8-18(21)17(14)11-25)28-15-3-5-24(6-4-15)13(2)26/h7-9,15H,3-6,10-11H2,1-2H3,(H,23,27). The highest BCUT2D eigenvalue weighted by Crippen LogP contribution is 2.33. The third-order valence-electron chi connectivity index (χ3n) is 5.58. The van der Waals surface area contributed by atoms with Gasteiger partial charge in [-0.1, -0.05) is 0 Å². The van der Waals surface area contributed by atoms with E-state index in [-0.39, 0.29) is 23.4 Å². The molecule has 0 atom stereocenters. The minimum absolute atomic E-state index is 0.0234. The van der Waals surface area contributed by atoms with Crippen molar-refractivity contribution in [1.82, 2.24) is 15.1 Å². The fraction of sp³-hybridized carbons (Fsp3) is 0.450. The van der Waals surface area contributed by atoms with E-state index in [1.54, 1.807) is 24.9 Å². The maximum atomic E-state index is 14.7. The average Bonchev–Trinajstić information content (AvgIpc) is 3.09. The average molecular weight is 386 g/mol. The molecule has 0 bridgehead atoms. The second kappa shape index (κ2) is 7.26. The number of hydrogen-bond donors (Lipinski definition) is 1. The summed E-state index contributed by atoms with van der Waals surface area (Å²) in [5, 5.41) is 6.27. The van der Waals surface area contributed by atoms with E-state index < -0.39 is 0 Å². The number of nitrogens with one attached hydrogen (secondary N) is 1. The molecule has 1 N–H and O–H groups in total. The Morgan fingerprint density at radius 2 is 2.04 bits per heavy atom. The highest BCUT2D eigenvalue weighted by molar-refractivity contribution is 5.73. The van der Waals surface area contributed by atoms with Gasteiger partial charge in [-0.2, -0.15) is 5.10 Å². The molecule has 1 saturated heterocycles. The van der Waals surface area contributed by atoms with E-state index in [0.29, 0.717) is 48.7 Å². The summed E-state index contributed by atoms with van der Waals surface area (Å²) in [4.78, 5) is 27.0. The maximum Gasteiger partial charge on any atom is 0.269 e. The van der Waals surface area contributed by atoms with Gasteiger partial charge in [0.2, 0.25) is 5.91 Å². The van der Waals surface area contributed by atoms with Crippen LogP contribution in [0, 0.1) is 12.7 Å². The summed E-state index contributed by atoms with van der Waals surface area (Å²) in [6.45, 7) is 5.52. The summed E-state index contributed by atoms with van der Waals surface area (Å²) in [7, 11) is 0. The quantitative estimate of drug-likeness (QED) is 0.874. The summed E-state index contributed by atoms with van der Waals surface area (Å²) in [5.74, 6) is 0.290. The van der Waals surface area contributed by atoms with Crippen molar-refractivity contribution in [1.29, 1.82) is 0 Å². The van der Waals surface area contributed by atoms with Gasteiger partial charge in [0.05, 0.1) is 11.9 Å². The zero-order chi connectivity index (χ0) is 19.8. The number of halogens is 1. The zero-order valence-electron chi connectivity index (χ0n) is 16.0. The number of piperidine rings is 1. The SMILES string of the molecule is CC(=O)N1CCC(Oc2cc(F)c3c(c2)CN(c2cn[nH]c(=O)c2C)C3)CC1. The molecule has 1 aromatic heterocycles. The van der Waals surface area contributed by atoms with E-state index >= 15 is 0 Å². The van der Waals surface area contributed by atoms with Gasteiger partial charge in [0.1, 0.15) is 17.7 Å². The molecule has 2 aromatic rings. The van der Waals surface area contributed by atoms with Crippen LogP contribution in [0.2, 0.25) is 0 Å². The van der Waals surface area contributed by atoms with Crippen LogP contribution in [0.5, 0.6) is 5.75 Å². The number of amides is 1. The lowest BCUT2D eigenvalue weighted by Gasteiger charge is -2.31. The monoisotopic (exact) mass is 386 g/mol. The number of benzene rings is 1. The Balaban J connectivity index is 1.49. The zero-order valence-corrected chi connectivity index (χ0v) is 16.0. The van der Waals surface area contributed by atoms with Gasteiger partial charge in [-0.15, -0.1) is 0 Å². The van der Waals surface area contributed by atoms with Crippen molar-refractivity contribution in [3.8, 4) is 5.75 Å². The Labute approximate surface area is 162 Å². The van der Waals surface area contributed by atoms with Crippen molar-refractivity contribution in [2.24, 2.45) is 0 Å². The van der Waals surface area contributed by atoms with Gasteiger partial charge in [-0.25, -0.2) is 9.49 Å². The molecule has 0 radical (unpaired) electrons. The molecule has 2 aliphatic heterocycles. The van der Waals surface area contributed by atoms with Crippen LogP contribution >= 0.6 is 0 Å². The van der Waals surface area contributed by atoms with Gasteiger partial charge in [0, 0.05) is 63.1 Å². The van der Waals surface area contributed by atoms with Crippen LogP contribution in [0.3, 0.4) is 0 Å². The first-order valence-corrected chi connectivity index (χ1v) is 9.45. The molecule has 4 rings (SSSR count). The van der Waals surface area contributed by atoms with Crippen molar-refractivity contribution in [2.45, 2.75) is 45.9 Å². The van der Waals surface area contributed by atoms with Gasteiger partial charge in [-0.3, -0.25) is 9.59 Å². The highest BCUT2D eigenvalue weighted by atomic mass is 19.1. The topological polar surface area (TPSA) is 78.5 Å². The fourth-order valence-electron chi connectivity index (χ4n) is 3.92. The highest BCUT2D eigenvalue weighted by Gasteiger charge is 2.27. The number of fused-ring (bicyclic) bond motifs is 1. The smallest absolute Gasteiger partial charge is 0.269 e. The van der Waals surface area contributed by atoms with Crippen LogP contribution in [-0.4, -0.2) is 40.2 Å². The Morgan fingerprint density at radius 1 is 1.29 bits per heavy atom. The van der Waals surface area contributed by atoms with E-state index in [1.165, 1.54) is 6.07 Å². The largest absolute Gasteiger partial charge is 0.490 e. The molecule has 3 heterocycles. The first-order chi connectivity index (χ1) is 13.4. The van der Waals surface area contributed by atoms with E-state index in [2.05, 4.69) is 10.2 Å². The number of likely N-dealkylation sites (tertiary alicyclic amines) is 1. The molecule has 148 valence electrons. The van der Waals surface area contributed by atoms with Gasteiger partial charge >= 0.3 is 0 Å². The molecule has 0 unspecified atom stereocenters. The van der Waals surface area contributed by atoms with Crippen LogP contribution in [-0.2, 0) is 17.9 Å². The number of carbonyl (C=O) groups is 1. The number of aromatic nitrogens is 2. The minimum Gasteiger partial charge on any atom is -0.490 e. The third-order valence-corrected chi connectivity index (χ3v) is 5.58. The molecule has 8 heteroatoms. The molecule has 1 amide bonds. The molecular formula is C20H23FN4O3. The Bertz CT molecular complexity index is 966. The summed E-state index contributed by atoms with van der Waals surface area (Å²) < 4.78 is 20.7. The number of nitrogens with zero attached hydrogens (tertiary/aromatic N) is 3. The Morgan fingerprint density at radius 3 is 2.75 bits per heavy atom. The lowest BCUT2D eigenvalue weighted by molar-refractivity contribution is -0.130. The molecule has 1 aromatic carbocycles. The summed E-state index contributed by atoms with van der Waals surface area (Å²) >= 11 is 0. The van der Waals surface area contributed by atoms with Gasteiger partial charge in [-0.05, 0) is 18.6 Å². The van der Waals surface area contributed by atoms with Crippen LogP contribution in [0.4, 0.5) is 10.1 Å². The van der Waals surface area contributed by atoms with Crippen molar-refractivity contribution in [3.63, 3.8) is 0 Å². The fourth-order valence-corrected chi connectivity index (χ4v) is 3.92. The van der Waals surface area contributed by atoms with E-state index in [9.17, 15) is 14.0 Å². The number of H-pyrrole nitrogens is 1. The molecule has 0 spiro atoms. The predicted octanol–water partition coefficient (Wildman–Crippen LogP) is 2.13. The van der Waals surface area contributed by atoms with Crippen molar-refractivity contribution < 1.29 is 13.9 Å². The second-order valence-electron chi connectivity index (χ2n) is 7.43. The number of carbonyl (C=O) groups excluding carboxylic acids is 1. The Hall–Kier alpha value is -2.90. The lowest BCUT2D eigenvalue weighted by atomic mass is 10.1. The van der Waals surface area contributed by atoms with Crippen LogP contribution in [0.25, 0.3) is 0 Å². The summed E-state index contributed by atoms with van der Waals surface area (Å²) in [6, 6.07) is 3.31. The molecule has 2 aliphatic rings. The molecular weight excluding hydrogens is 363 g/mol. The van der Waals surface area contributed by atoms with Crippen molar-refractivity contribution in [3.05, 3.63) is 51.2 Å². The van der Waals surface area contributed by atoms with Gasteiger partial charge < -0.3 is 14.5 Å². The minimum atomic E-state index is -0.299. The normalized spacial score (nSPS) is 17.0. The molecule has 1 fully saturated rings. The van der Waals surface area contributed by atoms with Crippen LogP contribution in [0.15, 0.2) is 23.1 Å². The second-order valence-corrected chi connectivity index (χ2v) is 7.43. The van der Waals surface area contributed by atoms with Crippen molar-refractivity contribution in [2.75, 3.05) is 18.0 Å². The first-order valence-electron chi connectivity index (χ1n) is 9.45. The van der Waals surface area contributed by atoms with Crippen LogP contribution < -0.4 is 15.2 Å². The van der Waals surface area contributed by atoms with Gasteiger partial charge in [0.25, 0.3) is 5.56 Å². The molecule has 28 heavy (non-hydrogen) atoms. The number of rotatable bonds is 3. The number of ether oxygens (including phenoxy) is 1. The summed E-state index contributed by atoms with van der Waals surface area (Å²) in [5.41, 5.74) is 2.51. The number of hydrogen-bond acceptors (Lipinski definition) is 5. The van der Waals surface area contributed by atoms with Gasteiger partial charge in [0.15, 0.2) is 0 Å². The predicted molar refractivity (Wildman–Crippen MR) is 102 cm³/mol. The summed E-state index contributed by atoms with van der Waals surface area (Å²) in [6.07, 6.45) is 3.05. The maximum absolute atomic E-state index is 14.7. The third kappa shape index (κ3) is 3.46. The van der Waals surface area contributed by atoms with E-state index in [4.69, 9.17) is 4.74 Å².